The average molecular weight is 376 g/mol. The lowest BCUT2D eigenvalue weighted by Gasteiger charge is -2.18. The Morgan fingerprint density at radius 2 is 2.14 bits per heavy atom. The number of carbonyl (C=O) groups excluding carboxylic acids is 1. The zero-order chi connectivity index (χ0) is 19.5. The van der Waals surface area contributed by atoms with Crippen molar-refractivity contribution in [1.82, 2.24) is 15.2 Å². The topological polar surface area (TPSA) is 45.2 Å². The molecule has 3 aliphatic rings. The molecule has 0 bridgehead atoms. The van der Waals surface area contributed by atoms with Crippen LogP contribution in [0.25, 0.3) is 5.57 Å². The summed E-state index contributed by atoms with van der Waals surface area (Å²) < 4.78 is 0. The van der Waals surface area contributed by atoms with Gasteiger partial charge in [-0.15, -0.1) is 0 Å². The Labute approximate surface area is 167 Å². The number of hydrogen-bond donors (Lipinski definition) is 1. The van der Waals surface area contributed by atoms with Crippen molar-refractivity contribution in [3.05, 3.63) is 71.6 Å². The van der Waals surface area contributed by atoms with Gasteiger partial charge in [0.2, 0.25) is 5.91 Å². The van der Waals surface area contributed by atoms with Crippen LogP contribution in [-0.2, 0) is 4.79 Å². The van der Waals surface area contributed by atoms with E-state index in [0.717, 1.165) is 43.6 Å². The second-order valence-electron chi connectivity index (χ2n) is 8.08. The van der Waals surface area contributed by atoms with Crippen molar-refractivity contribution in [2.45, 2.75) is 32.7 Å². The van der Waals surface area contributed by atoms with Gasteiger partial charge >= 0.3 is 0 Å². The molecule has 28 heavy (non-hydrogen) atoms. The largest absolute Gasteiger partial charge is 0.338 e. The van der Waals surface area contributed by atoms with Gasteiger partial charge in [0, 0.05) is 43.6 Å². The Bertz CT molecular complexity index is 850. The van der Waals surface area contributed by atoms with E-state index < -0.39 is 0 Å². The fourth-order valence-electron chi connectivity index (χ4n) is 4.50. The second-order valence-corrected chi connectivity index (χ2v) is 8.08. The number of likely N-dealkylation sites (tertiary alicyclic amines) is 1. The molecule has 1 aromatic rings. The molecule has 4 nitrogen and oxygen atoms in total. The molecule has 3 atom stereocenters. The van der Waals surface area contributed by atoms with Crippen molar-refractivity contribution < 1.29 is 4.79 Å². The normalized spacial score (nSPS) is 27.3. The van der Waals surface area contributed by atoms with Crippen LogP contribution in [0.2, 0.25) is 0 Å². The van der Waals surface area contributed by atoms with Gasteiger partial charge in [0.25, 0.3) is 0 Å². The summed E-state index contributed by atoms with van der Waals surface area (Å²) in [5, 5.41) is 3.47. The summed E-state index contributed by atoms with van der Waals surface area (Å²) >= 11 is 0. The van der Waals surface area contributed by atoms with Crippen molar-refractivity contribution in [3.63, 3.8) is 0 Å². The molecule has 4 heteroatoms. The summed E-state index contributed by atoms with van der Waals surface area (Å²) in [4.78, 5) is 19.1. The van der Waals surface area contributed by atoms with Crippen LogP contribution in [0.1, 0.15) is 32.3 Å². The molecule has 0 aromatic carbocycles. The molecular formula is C24H29N3O. The highest BCUT2D eigenvalue weighted by Crippen LogP contribution is 2.41. The number of nitrogens with zero attached hydrogens (tertiary/aromatic N) is 2. The van der Waals surface area contributed by atoms with E-state index in [-0.39, 0.29) is 5.91 Å². The minimum Gasteiger partial charge on any atom is -0.338 e. The lowest BCUT2D eigenvalue weighted by atomic mass is 9.99. The molecule has 0 spiro atoms. The van der Waals surface area contributed by atoms with Crippen LogP contribution in [0, 0.1) is 11.8 Å². The predicted molar refractivity (Wildman–Crippen MR) is 113 cm³/mol. The lowest BCUT2D eigenvalue weighted by Crippen LogP contribution is -2.30. The van der Waals surface area contributed by atoms with Crippen molar-refractivity contribution in [1.29, 1.82) is 0 Å². The molecule has 1 aliphatic carbocycles. The summed E-state index contributed by atoms with van der Waals surface area (Å²) in [5.41, 5.74) is 4.62. The van der Waals surface area contributed by atoms with Gasteiger partial charge in [-0.3, -0.25) is 9.78 Å². The number of carbonyl (C=O) groups is 1. The highest BCUT2D eigenvalue weighted by atomic mass is 16.2. The summed E-state index contributed by atoms with van der Waals surface area (Å²) in [5.74, 6) is 1.20. The smallest absolute Gasteiger partial charge is 0.249 e. The van der Waals surface area contributed by atoms with Gasteiger partial charge in [-0.1, -0.05) is 31.2 Å². The fraction of sp³-hybridized carbons (Fsp3) is 0.417. The quantitative estimate of drug-likeness (QED) is 0.815. The maximum Gasteiger partial charge on any atom is 0.249 e. The Morgan fingerprint density at radius 1 is 1.32 bits per heavy atom. The third kappa shape index (κ3) is 4.02. The van der Waals surface area contributed by atoms with Gasteiger partial charge < -0.3 is 10.2 Å². The molecule has 1 aromatic heterocycles. The van der Waals surface area contributed by atoms with Crippen LogP contribution in [0.15, 0.2) is 66.1 Å². The Morgan fingerprint density at radius 3 is 2.89 bits per heavy atom. The van der Waals surface area contributed by atoms with Crippen molar-refractivity contribution in [2.24, 2.45) is 11.8 Å². The maximum absolute atomic E-state index is 13.0. The standard InChI is InChI=1S/C24H29N3O/c1-3-23-5-4-18(6-11-26-23)12-17(2)24(28)27-15-21-13-20(14-22(21)16-27)19-7-9-25-10-8-19/h4-10,12-13,21-23,26H,3,11,14-16H2,1-2H3/b17-12-. The van der Waals surface area contributed by atoms with Crippen molar-refractivity contribution >= 4 is 11.5 Å². The van der Waals surface area contributed by atoms with Crippen molar-refractivity contribution in [2.75, 3.05) is 19.6 Å². The molecule has 4 rings (SSSR count). The number of rotatable bonds is 4. The Hall–Kier alpha value is -2.46. The van der Waals surface area contributed by atoms with E-state index in [1.54, 1.807) is 0 Å². The van der Waals surface area contributed by atoms with E-state index in [1.807, 2.05) is 30.3 Å². The van der Waals surface area contributed by atoms with Crippen LogP contribution in [0.4, 0.5) is 0 Å². The summed E-state index contributed by atoms with van der Waals surface area (Å²) in [6.45, 7) is 6.65. The number of hydrogen-bond acceptors (Lipinski definition) is 3. The molecule has 3 unspecified atom stereocenters. The SMILES string of the molecule is CCC1C=CC(/C=C(/C)C(=O)N2CC3C=C(c4ccncc4)CC3C2)=CCN1. The van der Waals surface area contributed by atoms with Gasteiger partial charge in [-0.05, 0) is 66.5 Å². The molecule has 0 saturated carbocycles. The van der Waals surface area contributed by atoms with Crippen molar-refractivity contribution in [3.8, 4) is 0 Å². The van der Waals surface area contributed by atoms with E-state index in [2.05, 4.69) is 53.7 Å². The monoisotopic (exact) mass is 375 g/mol. The highest BCUT2D eigenvalue weighted by molar-refractivity contribution is 5.93. The Kier molecular flexibility index (Phi) is 5.58. The first kappa shape index (κ1) is 18.9. The van der Waals surface area contributed by atoms with E-state index in [1.165, 1.54) is 11.1 Å². The molecule has 2 aliphatic heterocycles. The van der Waals surface area contributed by atoms with E-state index >= 15 is 0 Å². The molecule has 1 amide bonds. The number of pyridine rings is 1. The van der Waals surface area contributed by atoms with Gasteiger partial charge in [0.1, 0.15) is 0 Å². The maximum atomic E-state index is 13.0. The van der Waals surface area contributed by atoms with Gasteiger partial charge in [-0.25, -0.2) is 0 Å². The molecule has 0 radical (unpaired) electrons. The predicted octanol–water partition coefficient (Wildman–Crippen LogP) is 3.75. The molecule has 1 N–H and O–H groups in total. The molecule has 146 valence electrons. The number of aromatic nitrogens is 1. The second kappa shape index (κ2) is 8.27. The first-order valence-electron chi connectivity index (χ1n) is 10.3. The minimum absolute atomic E-state index is 0.173. The third-order valence-electron chi connectivity index (χ3n) is 6.13. The number of nitrogens with one attached hydrogen (secondary N) is 1. The minimum atomic E-state index is 0.173. The Balaban J connectivity index is 1.40. The van der Waals surface area contributed by atoms with E-state index in [4.69, 9.17) is 0 Å². The number of allylic oxidation sites excluding steroid dienone is 4. The molecule has 1 saturated heterocycles. The highest BCUT2D eigenvalue weighted by Gasteiger charge is 2.38. The summed E-state index contributed by atoms with van der Waals surface area (Å²) in [6.07, 6.45) is 16.7. The van der Waals surface area contributed by atoms with E-state index in [9.17, 15) is 4.79 Å². The van der Waals surface area contributed by atoms with E-state index in [0.29, 0.717) is 17.9 Å². The first-order chi connectivity index (χ1) is 13.6. The number of fused-ring (bicyclic) bond motifs is 1. The van der Waals surface area contributed by atoms with Crippen LogP contribution >= 0.6 is 0 Å². The van der Waals surface area contributed by atoms with Crippen LogP contribution < -0.4 is 5.32 Å². The zero-order valence-corrected chi connectivity index (χ0v) is 16.8. The van der Waals surface area contributed by atoms with Gasteiger partial charge in [0.05, 0.1) is 0 Å². The number of amides is 1. The average Bonchev–Trinajstić information content (AvgIpc) is 3.21. The molecule has 1 fully saturated rings. The lowest BCUT2D eigenvalue weighted by molar-refractivity contribution is -0.126. The summed E-state index contributed by atoms with van der Waals surface area (Å²) in [6, 6.07) is 4.57. The molecule has 3 heterocycles. The third-order valence-corrected chi connectivity index (χ3v) is 6.13. The van der Waals surface area contributed by atoms with Crippen LogP contribution in [0.3, 0.4) is 0 Å². The first-order valence-corrected chi connectivity index (χ1v) is 10.3. The fourth-order valence-corrected chi connectivity index (χ4v) is 4.50. The van der Waals surface area contributed by atoms with Crippen LogP contribution in [-0.4, -0.2) is 41.5 Å². The van der Waals surface area contributed by atoms with Crippen LogP contribution in [0.5, 0.6) is 0 Å². The van der Waals surface area contributed by atoms with Gasteiger partial charge in [0.15, 0.2) is 0 Å². The summed E-state index contributed by atoms with van der Waals surface area (Å²) in [7, 11) is 0. The molecular weight excluding hydrogens is 346 g/mol. The van der Waals surface area contributed by atoms with Gasteiger partial charge in [-0.2, -0.15) is 0 Å². The zero-order valence-electron chi connectivity index (χ0n) is 16.8.